The quantitative estimate of drug-likeness (QED) is 0.578. The molecular weight excluding hydrogens is 212 g/mol. The number of rotatable bonds is 4. The molecule has 0 aliphatic carbocycles. The number of ether oxygens (including phenoxy) is 1. The molecule has 5 heteroatoms. The number of carbonyl (C=O) groups is 1. The summed E-state index contributed by atoms with van der Waals surface area (Å²) in [7, 11) is 0. The van der Waals surface area contributed by atoms with Gasteiger partial charge in [0, 0.05) is 18.3 Å². The van der Waals surface area contributed by atoms with Crippen molar-refractivity contribution in [3.05, 3.63) is 18.7 Å². The van der Waals surface area contributed by atoms with Crippen molar-refractivity contribution in [3.8, 4) is 0 Å². The standard InChI is InChI=1S/C10H14N2O2S/c1-3-14-9(13)6-8(2)10(15)12-5-4-11-7-12/h4-5,7-8H,3,6H2,1-2H3. The van der Waals surface area contributed by atoms with Crippen LogP contribution in [0.15, 0.2) is 18.7 Å². The molecule has 0 saturated heterocycles. The van der Waals surface area contributed by atoms with Crippen LogP contribution < -0.4 is 0 Å². The lowest BCUT2D eigenvalue weighted by molar-refractivity contribution is -0.143. The molecule has 1 rings (SSSR count). The molecule has 0 aliphatic heterocycles. The van der Waals surface area contributed by atoms with Crippen LogP contribution in [0.25, 0.3) is 0 Å². The molecule has 1 aromatic heterocycles. The molecular formula is C10H14N2O2S. The van der Waals surface area contributed by atoms with Crippen molar-refractivity contribution < 1.29 is 9.53 Å². The second kappa shape index (κ2) is 5.60. The lowest BCUT2D eigenvalue weighted by atomic mass is 10.1. The summed E-state index contributed by atoms with van der Waals surface area (Å²) in [5.41, 5.74) is 0. The van der Waals surface area contributed by atoms with Crippen LogP contribution in [0.2, 0.25) is 0 Å². The highest BCUT2D eigenvalue weighted by Crippen LogP contribution is 2.08. The molecule has 0 amide bonds. The molecule has 1 unspecified atom stereocenters. The van der Waals surface area contributed by atoms with E-state index in [9.17, 15) is 4.79 Å². The van der Waals surface area contributed by atoms with Gasteiger partial charge in [-0.2, -0.15) is 0 Å². The Labute approximate surface area is 94.3 Å². The van der Waals surface area contributed by atoms with E-state index in [1.54, 1.807) is 30.2 Å². The second-order valence-electron chi connectivity index (χ2n) is 3.22. The summed E-state index contributed by atoms with van der Waals surface area (Å²) in [5, 5.41) is 0. The van der Waals surface area contributed by atoms with Crippen molar-refractivity contribution in [1.82, 2.24) is 9.55 Å². The third-order valence-electron chi connectivity index (χ3n) is 1.96. The fourth-order valence-corrected chi connectivity index (χ4v) is 1.39. The van der Waals surface area contributed by atoms with Crippen LogP contribution in [0, 0.1) is 5.92 Å². The average Bonchev–Trinajstić information content (AvgIpc) is 2.69. The highest BCUT2D eigenvalue weighted by molar-refractivity contribution is 7.80. The van der Waals surface area contributed by atoms with Gasteiger partial charge in [-0.15, -0.1) is 0 Å². The van der Waals surface area contributed by atoms with Gasteiger partial charge in [-0.3, -0.25) is 4.79 Å². The van der Waals surface area contributed by atoms with Crippen LogP contribution in [-0.4, -0.2) is 27.1 Å². The number of aromatic nitrogens is 2. The Bertz CT molecular complexity index is 335. The summed E-state index contributed by atoms with van der Waals surface area (Å²) in [4.78, 5) is 15.8. The zero-order chi connectivity index (χ0) is 11.3. The first-order valence-electron chi connectivity index (χ1n) is 4.83. The Morgan fingerprint density at radius 2 is 2.40 bits per heavy atom. The predicted octanol–water partition coefficient (Wildman–Crippen LogP) is 1.65. The summed E-state index contributed by atoms with van der Waals surface area (Å²) >= 11 is 5.21. The smallest absolute Gasteiger partial charge is 0.306 e. The van der Waals surface area contributed by atoms with E-state index in [-0.39, 0.29) is 11.9 Å². The van der Waals surface area contributed by atoms with Gasteiger partial charge < -0.3 is 9.30 Å². The molecule has 82 valence electrons. The van der Waals surface area contributed by atoms with Gasteiger partial charge in [0.2, 0.25) is 0 Å². The van der Waals surface area contributed by atoms with E-state index in [1.165, 1.54) is 0 Å². The molecule has 0 spiro atoms. The van der Waals surface area contributed by atoms with Crippen molar-refractivity contribution in [2.24, 2.45) is 5.92 Å². The minimum Gasteiger partial charge on any atom is -0.466 e. The summed E-state index contributed by atoms with van der Waals surface area (Å²) in [6.45, 7) is 4.10. The van der Waals surface area contributed by atoms with Crippen LogP contribution in [0.5, 0.6) is 0 Å². The Hall–Kier alpha value is -1.23. The number of carbonyl (C=O) groups excluding carboxylic acids is 1. The molecule has 1 aromatic rings. The number of hydrogen-bond donors (Lipinski definition) is 0. The summed E-state index contributed by atoms with van der Waals surface area (Å²) in [5.74, 6) is -0.235. The molecule has 0 aromatic carbocycles. The van der Waals surface area contributed by atoms with E-state index in [4.69, 9.17) is 17.0 Å². The van der Waals surface area contributed by atoms with Crippen molar-refractivity contribution in [2.75, 3.05) is 6.61 Å². The molecule has 0 N–H and O–H groups in total. The second-order valence-corrected chi connectivity index (χ2v) is 3.64. The lowest BCUT2D eigenvalue weighted by Crippen LogP contribution is -2.20. The predicted molar refractivity (Wildman–Crippen MR) is 60.6 cm³/mol. The zero-order valence-electron chi connectivity index (χ0n) is 8.84. The van der Waals surface area contributed by atoms with Gasteiger partial charge in [0.1, 0.15) is 0 Å². The number of hydrogen-bond acceptors (Lipinski definition) is 4. The van der Waals surface area contributed by atoms with Gasteiger partial charge in [0.25, 0.3) is 0 Å². The monoisotopic (exact) mass is 226 g/mol. The minimum atomic E-state index is -0.215. The average molecular weight is 226 g/mol. The van der Waals surface area contributed by atoms with E-state index in [0.717, 1.165) is 0 Å². The SMILES string of the molecule is CCOC(=O)CC(C)C(=S)n1ccnc1. The number of imidazole rings is 1. The molecule has 0 saturated carbocycles. The lowest BCUT2D eigenvalue weighted by Gasteiger charge is -2.12. The Morgan fingerprint density at radius 3 is 2.93 bits per heavy atom. The minimum absolute atomic E-state index is 0.0201. The maximum absolute atomic E-state index is 11.2. The van der Waals surface area contributed by atoms with Gasteiger partial charge in [-0.25, -0.2) is 4.98 Å². The highest BCUT2D eigenvalue weighted by Gasteiger charge is 2.15. The van der Waals surface area contributed by atoms with Crippen LogP contribution in [0.3, 0.4) is 0 Å². The Balaban J connectivity index is 2.51. The maximum atomic E-state index is 11.2. The summed E-state index contributed by atoms with van der Waals surface area (Å²) in [6, 6.07) is 0. The van der Waals surface area contributed by atoms with Crippen molar-refractivity contribution >= 4 is 23.2 Å². The van der Waals surface area contributed by atoms with E-state index in [2.05, 4.69) is 4.98 Å². The van der Waals surface area contributed by atoms with E-state index in [1.807, 2.05) is 6.92 Å². The molecule has 0 aliphatic rings. The van der Waals surface area contributed by atoms with Crippen LogP contribution >= 0.6 is 12.2 Å². The van der Waals surface area contributed by atoms with Gasteiger partial charge >= 0.3 is 5.97 Å². The molecule has 1 heterocycles. The molecule has 0 bridgehead atoms. The number of thiocarbonyl (C=S) groups is 1. The zero-order valence-corrected chi connectivity index (χ0v) is 9.66. The number of esters is 1. The fraction of sp³-hybridized carbons (Fsp3) is 0.500. The molecule has 0 fully saturated rings. The van der Waals surface area contributed by atoms with Gasteiger partial charge in [-0.05, 0) is 6.92 Å². The van der Waals surface area contributed by atoms with E-state index >= 15 is 0 Å². The normalized spacial score (nSPS) is 12.1. The molecule has 4 nitrogen and oxygen atoms in total. The van der Waals surface area contributed by atoms with Crippen LogP contribution in [-0.2, 0) is 9.53 Å². The first-order valence-corrected chi connectivity index (χ1v) is 5.23. The molecule has 0 radical (unpaired) electrons. The van der Waals surface area contributed by atoms with E-state index in [0.29, 0.717) is 18.0 Å². The summed E-state index contributed by atoms with van der Waals surface area (Å²) < 4.78 is 6.59. The van der Waals surface area contributed by atoms with Gasteiger partial charge in [0.15, 0.2) is 0 Å². The summed E-state index contributed by atoms with van der Waals surface area (Å²) in [6.07, 6.45) is 5.36. The molecule has 1 atom stereocenters. The van der Waals surface area contributed by atoms with Crippen molar-refractivity contribution in [2.45, 2.75) is 20.3 Å². The largest absolute Gasteiger partial charge is 0.466 e. The topological polar surface area (TPSA) is 44.1 Å². The fourth-order valence-electron chi connectivity index (χ4n) is 1.20. The van der Waals surface area contributed by atoms with Crippen molar-refractivity contribution in [1.29, 1.82) is 0 Å². The highest BCUT2D eigenvalue weighted by atomic mass is 32.1. The molecule has 15 heavy (non-hydrogen) atoms. The van der Waals surface area contributed by atoms with Crippen LogP contribution in [0.1, 0.15) is 20.3 Å². The van der Waals surface area contributed by atoms with E-state index < -0.39 is 0 Å². The van der Waals surface area contributed by atoms with Gasteiger partial charge in [-0.1, -0.05) is 19.1 Å². The Kier molecular flexibility index (Phi) is 4.42. The van der Waals surface area contributed by atoms with Crippen molar-refractivity contribution in [3.63, 3.8) is 0 Å². The van der Waals surface area contributed by atoms with Gasteiger partial charge in [0.05, 0.1) is 24.3 Å². The third kappa shape index (κ3) is 3.43. The third-order valence-corrected chi connectivity index (χ3v) is 2.57. The first-order chi connectivity index (χ1) is 7.15. The number of nitrogens with zero attached hydrogens (tertiary/aromatic N) is 2. The maximum Gasteiger partial charge on any atom is 0.306 e. The Morgan fingerprint density at radius 1 is 1.67 bits per heavy atom. The van der Waals surface area contributed by atoms with Crippen LogP contribution in [0.4, 0.5) is 0 Å². The first kappa shape index (κ1) is 11.8.